The fraction of sp³-hybridized carbons (Fsp3) is 0.714. The van der Waals surface area contributed by atoms with Crippen molar-refractivity contribution in [1.29, 1.82) is 0 Å². The molecule has 0 saturated carbocycles. The Morgan fingerprint density at radius 2 is 1.29 bits per heavy atom. The van der Waals surface area contributed by atoms with Gasteiger partial charge in [-0.25, -0.2) is 4.79 Å². The number of aliphatic imine (C=N–C) groups is 1. The van der Waals surface area contributed by atoms with Gasteiger partial charge in [-0.1, -0.05) is 27.7 Å². The second-order valence-corrected chi connectivity index (χ2v) is 8.92. The van der Waals surface area contributed by atoms with Crippen molar-refractivity contribution in [2.24, 2.45) is 39.8 Å². The first-order chi connectivity index (χ1) is 16.2. The molecule has 0 fully saturated rings. The van der Waals surface area contributed by atoms with Gasteiger partial charge in [-0.05, 0) is 31.1 Å². The highest BCUT2D eigenvalue weighted by Gasteiger charge is 2.33. The van der Waals surface area contributed by atoms with Crippen molar-refractivity contribution in [2.75, 3.05) is 6.54 Å². The molecule has 0 aliphatic heterocycles. The van der Waals surface area contributed by atoms with Gasteiger partial charge in [0.05, 0.1) is 6.04 Å². The molecule has 200 valence electrons. The summed E-state index contributed by atoms with van der Waals surface area (Å²) in [6, 6.07) is -4.34. The number of amides is 4. The van der Waals surface area contributed by atoms with Crippen LogP contribution in [0.5, 0.6) is 0 Å². The molecule has 0 radical (unpaired) electrons. The molecule has 0 aromatic carbocycles. The van der Waals surface area contributed by atoms with Crippen LogP contribution < -0.4 is 38.9 Å². The molecule has 4 amide bonds. The zero-order chi connectivity index (χ0) is 27.3. The third kappa shape index (κ3) is 12.6. The van der Waals surface area contributed by atoms with Crippen LogP contribution in [0.4, 0.5) is 0 Å². The van der Waals surface area contributed by atoms with Gasteiger partial charge in [-0.15, -0.1) is 0 Å². The maximum absolute atomic E-state index is 12.9. The van der Waals surface area contributed by atoms with Crippen LogP contribution in [0, 0.1) is 11.8 Å². The number of nitrogens with zero attached hydrogens (tertiary/aromatic N) is 1. The van der Waals surface area contributed by atoms with Crippen molar-refractivity contribution < 1.29 is 29.1 Å². The number of carbonyl (C=O) groups is 5. The van der Waals surface area contributed by atoms with Crippen LogP contribution in [0.2, 0.25) is 0 Å². The highest BCUT2D eigenvalue weighted by atomic mass is 16.4. The predicted octanol–water partition coefficient (Wildman–Crippen LogP) is -2.52. The first-order valence-electron chi connectivity index (χ1n) is 11.4. The Morgan fingerprint density at radius 1 is 0.800 bits per heavy atom. The Balaban J connectivity index is 5.28. The minimum atomic E-state index is -1.24. The number of carboxylic acids is 1. The summed E-state index contributed by atoms with van der Waals surface area (Å²) >= 11 is 0. The predicted molar refractivity (Wildman–Crippen MR) is 129 cm³/mol. The summed E-state index contributed by atoms with van der Waals surface area (Å²) in [4.78, 5) is 64.4. The molecule has 14 nitrogen and oxygen atoms in total. The average molecular weight is 501 g/mol. The van der Waals surface area contributed by atoms with E-state index in [1.54, 1.807) is 27.7 Å². The van der Waals surface area contributed by atoms with Gasteiger partial charge in [0.2, 0.25) is 23.6 Å². The lowest BCUT2D eigenvalue weighted by atomic mass is 9.98. The Morgan fingerprint density at radius 3 is 1.71 bits per heavy atom. The van der Waals surface area contributed by atoms with E-state index in [-0.39, 0.29) is 37.7 Å². The molecule has 0 rings (SSSR count). The van der Waals surface area contributed by atoms with Crippen LogP contribution in [0.1, 0.15) is 53.4 Å². The quantitative estimate of drug-likeness (QED) is 0.0631. The molecule has 0 spiro atoms. The largest absolute Gasteiger partial charge is 0.480 e. The highest BCUT2D eigenvalue weighted by molar-refractivity contribution is 5.94. The maximum Gasteiger partial charge on any atom is 0.326 e. The van der Waals surface area contributed by atoms with Crippen molar-refractivity contribution in [3.8, 4) is 0 Å². The lowest BCUT2D eigenvalue weighted by Crippen LogP contribution is -2.59. The summed E-state index contributed by atoms with van der Waals surface area (Å²) in [5.74, 6) is -4.68. The smallest absolute Gasteiger partial charge is 0.326 e. The second kappa shape index (κ2) is 15.5. The van der Waals surface area contributed by atoms with Gasteiger partial charge in [0.1, 0.15) is 18.1 Å². The number of nitrogens with one attached hydrogen (secondary N) is 3. The number of primary amides is 1. The van der Waals surface area contributed by atoms with Gasteiger partial charge >= 0.3 is 5.97 Å². The zero-order valence-electron chi connectivity index (χ0n) is 20.7. The van der Waals surface area contributed by atoms with Crippen molar-refractivity contribution in [2.45, 2.75) is 77.5 Å². The molecule has 0 heterocycles. The van der Waals surface area contributed by atoms with E-state index in [4.69, 9.17) is 22.9 Å². The van der Waals surface area contributed by atoms with E-state index >= 15 is 0 Å². The molecule has 35 heavy (non-hydrogen) atoms. The molecule has 0 bridgehead atoms. The molecule has 14 heteroatoms. The lowest BCUT2D eigenvalue weighted by Gasteiger charge is -2.28. The van der Waals surface area contributed by atoms with E-state index in [9.17, 15) is 29.1 Å². The SMILES string of the molecule is CC(C)C(NC(=O)C(N)CCC(N)=O)C(=O)NC(C(=O)NC(CCCN=C(N)N)C(=O)O)C(C)C. The number of carboxylic acid groups (broad SMARTS) is 1. The average Bonchev–Trinajstić information content (AvgIpc) is 2.74. The van der Waals surface area contributed by atoms with Gasteiger partial charge in [0.15, 0.2) is 5.96 Å². The lowest BCUT2D eigenvalue weighted by molar-refractivity contribution is -0.143. The molecule has 0 aliphatic rings. The van der Waals surface area contributed by atoms with E-state index in [0.29, 0.717) is 6.42 Å². The maximum atomic E-state index is 12.9. The molecule has 0 aromatic rings. The molecule has 0 aromatic heterocycles. The number of nitrogens with two attached hydrogens (primary N) is 4. The first kappa shape index (κ1) is 31.6. The Hall–Kier alpha value is -3.42. The van der Waals surface area contributed by atoms with Crippen molar-refractivity contribution >= 4 is 35.6 Å². The van der Waals surface area contributed by atoms with Crippen molar-refractivity contribution in [3.63, 3.8) is 0 Å². The van der Waals surface area contributed by atoms with Crippen LogP contribution in [0.15, 0.2) is 4.99 Å². The zero-order valence-corrected chi connectivity index (χ0v) is 20.7. The molecule has 4 unspecified atom stereocenters. The topological polar surface area (TPSA) is 258 Å². The minimum Gasteiger partial charge on any atom is -0.480 e. The molecule has 12 N–H and O–H groups in total. The number of hydrogen-bond donors (Lipinski definition) is 8. The Kier molecular flexibility index (Phi) is 14.0. The summed E-state index contributed by atoms with van der Waals surface area (Å²) in [6.45, 7) is 6.95. The van der Waals surface area contributed by atoms with E-state index in [2.05, 4.69) is 20.9 Å². The number of aliphatic carboxylic acids is 1. The van der Waals surface area contributed by atoms with Gasteiger partial charge in [-0.2, -0.15) is 0 Å². The van der Waals surface area contributed by atoms with E-state index < -0.39 is 59.7 Å². The van der Waals surface area contributed by atoms with Crippen LogP contribution in [0.25, 0.3) is 0 Å². The van der Waals surface area contributed by atoms with E-state index in [1.807, 2.05) is 0 Å². The third-order valence-corrected chi connectivity index (χ3v) is 5.09. The summed E-state index contributed by atoms with van der Waals surface area (Å²) in [7, 11) is 0. The third-order valence-electron chi connectivity index (χ3n) is 5.09. The fourth-order valence-electron chi connectivity index (χ4n) is 3.02. The minimum absolute atomic E-state index is 0.0182. The summed E-state index contributed by atoms with van der Waals surface area (Å²) in [5.41, 5.74) is 21.3. The van der Waals surface area contributed by atoms with Crippen molar-refractivity contribution in [1.82, 2.24) is 16.0 Å². The fourth-order valence-corrected chi connectivity index (χ4v) is 3.02. The van der Waals surface area contributed by atoms with E-state index in [0.717, 1.165) is 0 Å². The molecule has 0 aliphatic carbocycles. The molecular weight excluding hydrogens is 460 g/mol. The van der Waals surface area contributed by atoms with E-state index in [1.165, 1.54) is 0 Å². The molecular formula is C21H40N8O6. The number of rotatable bonds is 16. The summed E-state index contributed by atoms with van der Waals surface area (Å²) in [6.07, 6.45) is 0.319. The Bertz CT molecular complexity index is 782. The van der Waals surface area contributed by atoms with Gasteiger partial charge in [0.25, 0.3) is 0 Å². The van der Waals surface area contributed by atoms with Crippen molar-refractivity contribution in [3.05, 3.63) is 0 Å². The molecule has 0 saturated heterocycles. The van der Waals surface area contributed by atoms with Crippen LogP contribution in [0.3, 0.4) is 0 Å². The van der Waals surface area contributed by atoms with Gasteiger partial charge in [-0.3, -0.25) is 24.2 Å². The monoisotopic (exact) mass is 500 g/mol. The number of guanidine groups is 1. The number of carbonyl (C=O) groups excluding carboxylic acids is 4. The van der Waals surface area contributed by atoms with Crippen LogP contribution >= 0.6 is 0 Å². The summed E-state index contributed by atoms with van der Waals surface area (Å²) in [5, 5.41) is 17.0. The Labute approximate surface area is 205 Å². The standard InChI is InChI=1S/C21H40N8O6/c1-10(2)15(18(32)27-13(20(34)35)6-5-9-26-21(24)25)29-19(33)16(11(3)4)28-17(31)12(22)7-8-14(23)30/h10-13,15-16H,5-9,22H2,1-4H3,(H2,23,30)(H,27,32)(H,28,31)(H,29,33)(H,34,35)(H4,24,25,26). The van der Waals surface area contributed by atoms with Crippen LogP contribution in [-0.2, 0) is 24.0 Å². The van der Waals surface area contributed by atoms with Gasteiger partial charge in [0, 0.05) is 13.0 Å². The van der Waals surface area contributed by atoms with Gasteiger partial charge < -0.3 is 44.0 Å². The molecule has 4 atom stereocenters. The summed E-state index contributed by atoms with van der Waals surface area (Å²) < 4.78 is 0. The highest BCUT2D eigenvalue weighted by Crippen LogP contribution is 2.09. The second-order valence-electron chi connectivity index (χ2n) is 8.92. The number of hydrogen-bond acceptors (Lipinski definition) is 7. The first-order valence-corrected chi connectivity index (χ1v) is 11.4. The van der Waals surface area contributed by atoms with Crippen LogP contribution in [-0.4, -0.2) is 71.4 Å². The normalized spacial score (nSPS) is 14.4.